The van der Waals surface area contributed by atoms with Crippen LogP contribution in [-0.2, 0) is 4.74 Å². The van der Waals surface area contributed by atoms with Crippen LogP contribution in [0.2, 0.25) is 0 Å². The van der Waals surface area contributed by atoms with Crippen LogP contribution >= 0.6 is 12.2 Å². The van der Waals surface area contributed by atoms with Crippen LogP contribution < -0.4 is 20.3 Å². The van der Waals surface area contributed by atoms with Crippen molar-refractivity contribution in [3.8, 4) is 5.75 Å². The largest absolute Gasteiger partial charge is 0.494 e. The fourth-order valence-corrected chi connectivity index (χ4v) is 2.89. The fraction of sp³-hybridized carbons (Fsp3) is 0.588. The second kappa shape index (κ2) is 8.47. The molecule has 1 heterocycles. The van der Waals surface area contributed by atoms with Gasteiger partial charge < -0.3 is 25.0 Å². The van der Waals surface area contributed by atoms with Crippen LogP contribution in [0.15, 0.2) is 24.3 Å². The van der Waals surface area contributed by atoms with E-state index in [1.165, 1.54) is 0 Å². The summed E-state index contributed by atoms with van der Waals surface area (Å²) >= 11 is 5.40. The molecule has 0 aromatic heterocycles. The second-order valence-corrected chi connectivity index (χ2v) is 6.77. The maximum Gasteiger partial charge on any atom is 0.171 e. The van der Waals surface area contributed by atoms with Gasteiger partial charge in [-0.3, -0.25) is 0 Å². The summed E-state index contributed by atoms with van der Waals surface area (Å²) in [5.41, 5.74) is 1.08. The van der Waals surface area contributed by atoms with E-state index in [9.17, 15) is 0 Å². The number of hydrogen-bond donors (Lipinski definition) is 3. The number of anilines is 1. The van der Waals surface area contributed by atoms with Crippen molar-refractivity contribution in [2.45, 2.75) is 26.3 Å². The monoisotopic (exact) mass is 338 g/mol. The molecule has 1 aliphatic rings. The van der Waals surface area contributed by atoms with E-state index < -0.39 is 0 Å². The van der Waals surface area contributed by atoms with Gasteiger partial charge in [0.2, 0.25) is 0 Å². The molecule has 1 aliphatic heterocycles. The highest BCUT2D eigenvalue weighted by Gasteiger charge is 2.32. The number of quaternary nitrogens is 1. The third-order valence-corrected chi connectivity index (χ3v) is 4.41. The van der Waals surface area contributed by atoms with Gasteiger partial charge in [0.25, 0.3) is 0 Å². The van der Waals surface area contributed by atoms with Gasteiger partial charge in [0.05, 0.1) is 26.4 Å². The van der Waals surface area contributed by atoms with Gasteiger partial charge >= 0.3 is 0 Å². The standard InChI is InChI=1S/C17H27N3O2S/c1-4-22-15-7-5-14(6-8-15)19-16(23)18-13-17(2,3)20-9-11-21-12-10-20/h5-8H,4,9-13H2,1-3H3,(H2,18,19,23)/p+1. The van der Waals surface area contributed by atoms with Gasteiger partial charge in [-0.1, -0.05) is 0 Å². The Kier molecular flexibility index (Phi) is 6.62. The predicted octanol–water partition coefficient (Wildman–Crippen LogP) is 1.07. The van der Waals surface area contributed by atoms with Crippen LogP contribution in [0.5, 0.6) is 5.75 Å². The molecule has 0 radical (unpaired) electrons. The molecule has 1 aromatic carbocycles. The summed E-state index contributed by atoms with van der Waals surface area (Å²) in [6, 6.07) is 7.82. The van der Waals surface area contributed by atoms with E-state index in [0.717, 1.165) is 44.3 Å². The number of benzene rings is 1. The lowest BCUT2D eigenvalue weighted by Crippen LogP contribution is -3.22. The van der Waals surface area contributed by atoms with Crippen molar-refractivity contribution in [3.05, 3.63) is 24.3 Å². The first-order chi connectivity index (χ1) is 11.0. The van der Waals surface area contributed by atoms with Crippen LogP contribution in [0.25, 0.3) is 0 Å². The summed E-state index contributed by atoms with van der Waals surface area (Å²) in [5.74, 6) is 0.869. The number of thiocarbonyl (C=S) groups is 1. The number of morpholine rings is 1. The molecule has 0 spiro atoms. The normalized spacial score (nSPS) is 16.0. The minimum absolute atomic E-state index is 0.119. The van der Waals surface area contributed by atoms with Gasteiger partial charge in [0.15, 0.2) is 5.11 Å². The Labute approximate surface area is 144 Å². The molecule has 3 N–H and O–H groups in total. The van der Waals surface area contributed by atoms with Gasteiger partial charge in [0.1, 0.15) is 24.4 Å². The molecule has 2 rings (SSSR count). The molecule has 0 saturated carbocycles. The molecule has 0 amide bonds. The maximum absolute atomic E-state index is 5.44. The first kappa shape index (κ1) is 18.0. The first-order valence-corrected chi connectivity index (χ1v) is 8.63. The topological polar surface area (TPSA) is 47.0 Å². The predicted molar refractivity (Wildman–Crippen MR) is 97.4 cm³/mol. The molecule has 0 bridgehead atoms. The average molecular weight is 338 g/mol. The van der Waals surface area contributed by atoms with Gasteiger partial charge in [-0.2, -0.15) is 0 Å². The van der Waals surface area contributed by atoms with Gasteiger partial charge in [0, 0.05) is 5.69 Å². The summed E-state index contributed by atoms with van der Waals surface area (Å²) in [6.45, 7) is 11.8. The minimum atomic E-state index is 0.119. The van der Waals surface area contributed by atoms with Crippen molar-refractivity contribution in [3.63, 3.8) is 0 Å². The van der Waals surface area contributed by atoms with E-state index in [-0.39, 0.29) is 5.54 Å². The molecule has 23 heavy (non-hydrogen) atoms. The number of hydrogen-bond acceptors (Lipinski definition) is 3. The molecule has 1 fully saturated rings. The Morgan fingerprint density at radius 3 is 2.52 bits per heavy atom. The van der Waals surface area contributed by atoms with Gasteiger partial charge in [-0.25, -0.2) is 0 Å². The van der Waals surface area contributed by atoms with Gasteiger partial charge in [-0.15, -0.1) is 0 Å². The SMILES string of the molecule is CCOc1ccc(NC(=S)NCC(C)(C)[NH+]2CCOCC2)cc1. The Hall–Kier alpha value is -1.37. The lowest BCUT2D eigenvalue weighted by atomic mass is 10.0. The zero-order valence-corrected chi connectivity index (χ0v) is 15.1. The third kappa shape index (κ3) is 5.64. The smallest absolute Gasteiger partial charge is 0.171 e. The molecule has 1 aromatic rings. The highest BCUT2D eigenvalue weighted by atomic mass is 32.1. The Morgan fingerprint density at radius 1 is 1.26 bits per heavy atom. The molecule has 1 saturated heterocycles. The molecule has 0 unspecified atom stereocenters. The Balaban J connectivity index is 1.79. The quantitative estimate of drug-likeness (QED) is 0.677. The average Bonchev–Trinajstić information content (AvgIpc) is 2.56. The molecule has 5 nitrogen and oxygen atoms in total. The van der Waals surface area contributed by atoms with E-state index >= 15 is 0 Å². The van der Waals surface area contributed by atoms with Crippen molar-refractivity contribution in [2.75, 3.05) is 44.8 Å². The van der Waals surface area contributed by atoms with Crippen molar-refractivity contribution >= 4 is 23.0 Å². The van der Waals surface area contributed by atoms with Crippen LogP contribution in [0.4, 0.5) is 5.69 Å². The van der Waals surface area contributed by atoms with E-state index in [2.05, 4.69) is 24.5 Å². The maximum atomic E-state index is 5.44. The number of rotatable bonds is 6. The molecule has 6 heteroatoms. The Morgan fingerprint density at radius 2 is 1.91 bits per heavy atom. The molecule has 128 valence electrons. The second-order valence-electron chi connectivity index (χ2n) is 6.36. The summed E-state index contributed by atoms with van der Waals surface area (Å²) in [6.07, 6.45) is 0. The summed E-state index contributed by atoms with van der Waals surface area (Å²) in [5, 5.41) is 7.20. The lowest BCUT2D eigenvalue weighted by Gasteiger charge is -2.37. The zero-order chi connectivity index (χ0) is 16.7. The molecule has 0 atom stereocenters. The number of nitrogens with one attached hydrogen (secondary N) is 3. The van der Waals surface area contributed by atoms with E-state index in [4.69, 9.17) is 21.7 Å². The number of ether oxygens (including phenoxy) is 2. The van der Waals surface area contributed by atoms with Crippen molar-refractivity contribution in [1.82, 2.24) is 5.32 Å². The van der Waals surface area contributed by atoms with Crippen molar-refractivity contribution in [2.24, 2.45) is 0 Å². The molecular weight excluding hydrogens is 310 g/mol. The summed E-state index contributed by atoms with van der Waals surface area (Å²) in [7, 11) is 0. The van der Waals surface area contributed by atoms with Crippen LogP contribution in [0.1, 0.15) is 20.8 Å². The van der Waals surface area contributed by atoms with Gasteiger partial charge in [-0.05, 0) is 57.3 Å². The van der Waals surface area contributed by atoms with E-state index in [1.54, 1.807) is 4.90 Å². The van der Waals surface area contributed by atoms with Crippen molar-refractivity contribution in [1.29, 1.82) is 0 Å². The van der Waals surface area contributed by atoms with E-state index in [1.807, 2.05) is 31.2 Å². The lowest BCUT2D eigenvalue weighted by molar-refractivity contribution is -0.954. The minimum Gasteiger partial charge on any atom is -0.494 e. The third-order valence-electron chi connectivity index (χ3n) is 4.17. The van der Waals surface area contributed by atoms with Crippen LogP contribution in [0.3, 0.4) is 0 Å². The first-order valence-electron chi connectivity index (χ1n) is 8.22. The van der Waals surface area contributed by atoms with E-state index in [0.29, 0.717) is 11.7 Å². The molecule has 0 aliphatic carbocycles. The van der Waals surface area contributed by atoms with Crippen molar-refractivity contribution < 1.29 is 14.4 Å². The summed E-state index contributed by atoms with van der Waals surface area (Å²) < 4.78 is 10.9. The highest BCUT2D eigenvalue weighted by molar-refractivity contribution is 7.80. The zero-order valence-electron chi connectivity index (χ0n) is 14.3. The fourth-order valence-electron chi connectivity index (χ4n) is 2.70. The molecular formula is C17H28N3O2S+. The van der Waals surface area contributed by atoms with Crippen LogP contribution in [-0.4, -0.2) is 50.1 Å². The summed E-state index contributed by atoms with van der Waals surface area (Å²) in [4.78, 5) is 1.56. The van der Waals surface area contributed by atoms with Crippen LogP contribution in [0, 0.1) is 0 Å². The highest BCUT2D eigenvalue weighted by Crippen LogP contribution is 2.15. The Bertz CT molecular complexity index is 499.